The molecular formula is C25H25ClN2O6S. The zero-order valence-electron chi connectivity index (χ0n) is 19.3. The Morgan fingerprint density at radius 3 is 2.49 bits per heavy atom. The molecule has 0 radical (unpaired) electrons. The van der Waals surface area contributed by atoms with Gasteiger partial charge in [-0.15, -0.1) is 0 Å². The first kappa shape index (κ1) is 24.7. The fourth-order valence-electron chi connectivity index (χ4n) is 3.89. The van der Waals surface area contributed by atoms with E-state index in [4.69, 9.17) is 25.8 Å². The number of amides is 1. The first-order valence-corrected chi connectivity index (χ1v) is 12.7. The zero-order valence-corrected chi connectivity index (χ0v) is 20.9. The van der Waals surface area contributed by atoms with Crippen LogP contribution in [0.4, 0.5) is 11.4 Å². The average Bonchev–Trinajstić information content (AvgIpc) is 2.87. The molecule has 0 unspecified atom stereocenters. The lowest BCUT2D eigenvalue weighted by Crippen LogP contribution is -2.35. The number of ether oxygens (including phenoxy) is 3. The molecule has 0 aliphatic carbocycles. The average molecular weight is 517 g/mol. The van der Waals surface area contributed by atoms with Crippen molar-refractivity contribution in [2.75, 3.05) is 37.0 Å². The molecule has 10 heteroatoms. The summed E-state index contributed by atoms with van der Waals surface area (Å²) in [7, 11) is -0.781. The van der Waals surface area contributed by atoms with E-state index < -0.39 is 15.9 Å². The van der Waals surface area contributed by atoms with Crippen molar-refractivity contribution in [3.05, 3.63) is 71.2 Å². The van der Waals surface area contributed by atoms with Crippen LogP contribution >= 0.6 is 11.6 Å². The predicted octanol–water partition coefficient (Wildman–Crippen LogP) is 4.52. The van der Waals surface area contributed by atoms with Crippen LogP contribution in [0.2, 0.25) is 5.02 Å². The predicted molar refractivity (Wildman–Crippen MR) is 134 cm³/mol. The molecule has 0 atom stereocenters. The standard InChI is InChI=1S/C25H25ClN2O6S/c1-32-23-11-9-18(14-24(23)33-2)27-25(29)16-34-22-12-10-19(15-20(22)26)35(30,31)28-13-5-7-17-6-3-4-8-21(17)28/h3-4,6,8-12,14-15H,5,7,13,16H2,1-2H3,(H,27,29). The fraction of sp³-hybridized carbons (Fsp3) is 0.240. The van der Waals surface area contributed by atoms with E-state index in [9.17, 15) is 13.2 Å². The molecule has 3 aromatic rings. The second-order valence-corrected chi connectivity index (χ2v) is 10.1. The van der Waals surface area contributed by atoms with Gasteiger partial charge < -0.3 is 19.5 Å². The molecule has 184 valence electrons. The Hall–Kier alpha value is -3.43. The number of aryl methyl sites for hydroxylation is 1. The third-order valence-corrected chi connectivity index (χ3v) is 7.69. The van der Waals surface area contributed by atoms with Gasteiger partial charge in [-0.3, -0.25) is 9.10 Å². The van der Waals surface area contributed by atoms with Gasteiger partial charge in [-0.25, -0.2) is 8.42 Å². The van der Waals surface area contributed by atoms with Crippen molar-refractivity contribution in [3.63, 3.8) is 0 Å². The molecule has 35 heavy (non-hydrogen) atoms. The van der Waals surface area contributed by atoms with Gasteiger partial charge in [0.15, 0.2) is 18.1 Å². The van der Waals surface area contributed by atoms with Crippen LogP contribution < -0.4 is 23.8 Å². The Bertz CT molecular complexity index is 1350. The topological polar surface area (TPSA) is 94.2 Å². The van der Waals surface area contributed by atoms with Crippen molar-refractivity contribution in [2.45, 2.75) is 17.7 Å². The number of methoxy groups -OCH3 is 2. The molecule has 1 heterocycles. The molecule has 1 aliphatic rings. The second kappa shape index (κ2) is 10.5. The quantitative estimate of drug-likeness (QED) is 0.473. The van der Waals surface area contributed by atoms with E-state index in [-0.39, 0.29) is 22.3 Å². The molecule has 0 spiro atoms. The SMILES string of the molecule is COc1ccc(NC(=O)COc2ccc(S(=O)(=O)N3CCCc4ccccc43)cc2Cl)cc1OC. The molecule has 0 aromatic heterocycles. The molecule has 0 saturated heterocycles. The van der Waals surface area contributed by atoms with Gasteiger partial charge in [-0.1, -0.05) is 29.8 Å². The van der Waals surface area contributed by atoms with Gasteiger partial charge in [0.2, 0.25) is 0 Å². The van der Waals surface area contributed by atoms with Gasteiger partial charge in [-0.2, -0.15) is 0 Å². The molecular weight excluding hydrogens is 492 g/mol. The van der Waals surface area contributed by atoms with Crippen LogP contribution in [0.25, 0.3) is 0 Å². The summed E-state index contributed by atoms with van der Waals surface area (Å²) in [5.41, 5.74) is 2.18. The van der Waals surface area contributed by atoms with Crippen molar-refractivity contribution in [1.29, 1.82) is 0 Å². The number of carbonyl (C=O) groups excluding carboxylic acids is 1. The minimum Gasteiger partial charge on any atom is -0.493 e. The van der Waals surface area contributed by atoms with Gasteiger partial charge >= 0.3 is 0 Å². The summed E-state index contributed by atoms with van der Waals surface area (Å²) in [5.74, 6) is 0.793. The van der Waals surface area contributed by atoms with Crippen molar-refractivity contribution >= 4 is 38.9 Å². The molecule has 1 amide bonds. The number of halogens is 1. The molecule has 0 bridgehead atoms. The summed E-state index contributed by atoms with van der Waals surface area (Å²) in [5, 5.41) is 2.79. The third-order valence-electron chi connectivity index (χ3n) is 5.59. The van der Waals surface area contributed by atoms with Gasteiger partial charge in [0.1, 0.15) is 5.75 Å². The normalized spacial score (nSPS) is 13.1. The molecule has 4 rings (SSSR count). The van der Waals surface area contributed by atoms with Crippen LogP contribution in [0.1, 0.15) is 12.0 Å². The zero-order chi connectivity index (χ0) is 25.0. The lowest BCUT2D eigenvalue weighted by atomic mass is 10.0. The highest BCUT2D eigenvalue weighted by atomic mass is 35.5. The lowest BCUT2D eigenvalue weighted by Gasteiger charge is -2.30. The maximum atomic E-state index is 13.3. The van der Waals surface area contributed by atoms with Crippen molar-refractivity contribution in [1.82, 2.24) is 0 Å². The maximum absolute atomic E-state index is 13.3. The first-order valence-electron chi connectivity index (χ1n) is 10.9. The molecule has 8 nitrogen and oxygen atoms in total. The number of anilines is 2. The Morgan fingerprint density at radius 2 is 1.74 bits per heavy atom. The molecule has 0 fully saturated rings. The van der Waals surface area contributed by atoms with Gasteiger partial charge in [0.25, 0.3) is 15.9 Å². The number of rotatable bonds is 8. The number of sulfonamides is 1. The Labute approximate surface area is 209 Å². The number of carbonyl (C=O) groups is 1. The van der Waals surface area contributed by atoms with E-state index in [2.05, 4.69) is 5.32 Å². The van der Waals surface area contributed by atoms with E-state index in [0.29, 0.717) is 29.4 Å². The van der Waals surface area contributed by atoms with E-state index in [1.807, 2.05) is 24.3 Å². The van der Waals surface area contributed by atoms with Crippen LogP contribution in [0, 0.1) is 0 Å². The number of para-hydroxylation sites is 1. The summed E-state index contributed by atoms with van der Waals surface area (Å²) in [6, 6.07) is 16.7. The number of nitrogens with one attached hydrogen (secondary N) is 1. The fourth-order valence-corrected chi connectivity index (χ4v) is 5.76. The maximum Gasteiger partial charge on any atom is 0.264 e. The number of hydrogen-bond donors (Lipinski definition) is 1. The highest BCUT2D eigenvalue weighted by Crippen LogP contribution is 2.34. The number of nitrogens with zero attached hydrogens (tertiary/aromatic N) is 1. The highest BCUT2D eigenvalue weighted by Gasteiger charge is 2.29. The minimum absolute atomic E-state index is 0.0568. The Balaban J connectivity index is 1.44. The van der Waals surface area contributed by atoms with Crippen LogP contribution in [0.3, 0.4) is 0 Å². The number of benzene rings is 3. The van der Waals surface area contributed by atoms with E-state index in [0.717, 1.165) is 18.4 Å². The third kappa shape index (κ3) is 5.31. The van der Waals surface area contributed by atoms with Crippen molar-refractivity contribution in [3.8, 4) is 17.2 Å². The summed E-state index contributed by atoms with van der Waals surface area (Å²) >= 11 is 6.32. The number of hydrogen-bond acceptors (Lipinski definition) is 6. The van der Waals surface area contributed by atoms with Crippen molar-refractivity contribution in [2.24, 2.45) is 0 Å². The second-order valence-electron chi connectivity index (χ2n) is 7.81. The van der Waals surface area contributed by atoms with Crippen LogP contribution in [0.5, 0.6) is 17.2 Å². The highest BCUT2D eigenvalue weighted by molar-refractivity contribution is 7.92. The van der Waals surface area contributed by atoms with E-state index in [1.165, 1.54) is 36.7 Å². The number of fused-ring (bicyclic) bond motifs is 1. The largest absolute Gasteiger partial charge is 0.493 e. The summed E-state index contributed by atoms with van der Waals surface area (Å²) in [4.78, 5) is 12.4. The Morgan fingerprint density at radius 1 is 1.00 bits per heavy atom. The van der Waals surface area contributed by atoms with Crippen molar-refractivity contribution < 1.29 is 27.4 Å². The molecule has 1 N–H and O–H groups in total. The minimum atomic E-state index is -3.81. The molecule has 3 aromatic carbocycles. The van der Waals surface area contributed by atoms with E-state index in [1.54, 1.807) is 18.2 Å². The summed E-state index contributed by atoms with van der Waals surface area (Å²) < 4.78 is 44.0. The summed E-state index contributed by atoms with van der Waals surface area (Å²) in [6.45, 7) is 0.0746. The summed E-state index contributed by atoms with van der Waals surface area (Å²) in [6.07, 6.45) is 1.57. The van der Waals surface area contributed by atoms with Gasteiger partial charge in [0.05, 0.1) is 29.8 Å². The van der Waals surface area contributed by atoms with Crippen LogP contribution in [-0.4, -0.2) is 41.7 Å². The van der Waals surface area contributed by atoms with Gasteiger partial charge in [-0.05, 0) is 54.8 Å². The van der Waals surface area contributed by atoms with E-state index >= 15 is 0 Å². The van der Waals surface area contributed by atoms with Crippen LogP contribution in [-0.2, 0) is 21.2 Å². The van der Waals surface area contributed by atoms with Crippen LogP contribution in [0.15, 0.2) is 65.6 Å². The first-order chi connectivity index (χ1) is 16.8. The smallest absolute Gasteiger partial charge is 0.264 e. The molecule has 1 aliphatic heterocycles. The van der Waals surface area contributed by atoms with Gasteiger partial charge in [0, 0.05) is 18.3 Å². The lowest BCUT2D eigenvalue weighted by molar-refractivity contribution is -0.118. The Kier molecular flexibility index (Phi) is 7.37. The molecule has 0 saturated carbocycles. The monoisotopic (exact) mass is 516 g/mol.